The first kappa shape index (κ1) is 18.1. The number of hydrogen-bond acceptors (Lipinski definition) is 4. The van der Waals surface area contributed by atoms with Crippen LogP contribution in [0.1, 0.15) is 53.7 Å². The molecule has 138 valence electrons. The Bertz CT molecular complexity index is 788. The number of amides is 1. The molecule has 0 radical (unpaired) electrons. The van der Waals surface area contributed by atoms with Crippen LogP contribution in [0.2, 0.25) is 0 Å². The van der Waals surface area contributed by atoms with Gasteiger partial charge in [0.2, 0.25) is 0 Å². The lowest BCUT2D eigenvalue weighted by Gasteiger charge is -2.28. The van der Waals surface area contributed by atoms with Gasteiger partial charge < -0.3 is 5.32 Å². The lowest BCUT2D eigenvalue weighted by Crippen LogP contribution is -2.40. The minimum atomic E-state index is 0.0674. The minimum Gasteiger partial charge on any atom is -0.349 e. The van der Waals surface area contributed by atoms with Gasteiger partial charge in [-0.15, -0.1) is 23.1 Å². The first-order valence-electron chi connectivity index (χ1n) is 9.54. The Labute approximate surface area is 164 Å². The number of aromatic nitrogens is 1. The second kappa shape index (κ2) is 7.73. The molecule has 3 nitrogen and oxygen atoms in total. The van der Waals surface area contributed by atoms with E-state index in [0.29, 0.717) is 5.92 Å². The number of rotatable bonds is 6. The summed E-state index contributed by atoms with van der Waals surface area (Å²) in [4.78, 5) is 18.5. The van der Waals surface area contributed by atoms with Gasteiger partial charge in [-0.2, -0.15) is 0 Å². The minimum absolute atomic E-state index is 0.0674. The summed E-state index contributed by atoms with van der Waals surface area (Å²) >= 11 is 3.37. The third-order valence-corrected chi connectivity index (χ3v) is 7.90. The van der Waals surface area contributed by atoms with E-state index < -0.39 is 0 Å². The van der Waals surface area contributed by atoms with Gasteiger partial charge in [0.25, 0.3) is 5.91 Å². The van der Waals surface area contributed by atoms with Crippen LogP contribution < -0.4 is 5.32 Å². The average molecular weight is 387 g/mol. The summed E-state index contributed by atoms with van der Waals surface area (Å²) in [6, 6.07) is 8.20. The second-order valence-corrected chi connectivity index (χ2v) is 9.82. The van der Waals surface area contributed by atoms with E-state index in [1.807, 2.05) is 31.2 Å². The lowest BCUT2D eigenvalue weighted by atomic mass is 9.84. The van der Waals surface area contributed by atoms with Crippen LogP contribution in [0.3, 0.4) is 0 Å². The predicted octanol–water partition coefficient (Wildman–Crippen LogP) is 5.30. The highest BCUT2D eigenvalue weighted by molar-refractivity contribution is 7.98. The number of aryl methyl sites for hydroxylation is 1. The third-order valence-electron chi connectivity index (χ3n) is 5.97. The smallest absolute Gasteiger partial charge is 0.252 e. The zero-order chi connectivity index (χ0) is 18.1. The van der Waals surface area contributed by atoms with Gasteiger partial charge in [0.1, 0.15) is 0 Å². The van der Waals surface area contributed by atoms with Crippen molar-refractivity contribution in [2.75, 3.05) is 0 Å². The van der Waals surface area contributed by atoms with Crippen LogP contribution in [0.5, 0.6) is 0 Å². The monoisotopic (exact) mass is 386 g/mol. The van der Waals surface area contributed by atoms with Crippen LogP contribution in [0.25, 0.3) is 0 Å². The highest BCUT2D eigenvalue weighted by Crippen LogP contribution is 2.49. The van der Waals surface area contributed by atoms with Crippen LogP contribution in [-0.2, 0) is 5.75 Å². The maximum atomic E-state index is 12.9. The first-order valence-corrected chi connectivity index (χ1v) is 11.4. The zero-order valence-corrected chi connectivity index (χ0v) is 17.0. The Morgan fingerprint density at radius 2 is 2.19 bits per heavy atom. The molecule has 0 saturated heterocycles. The molecule has 2 bridgehead atoms. The Kier molecular flexibility index (Phi) is 5.37. The van der Waals surface area contributed by atoms with E-state index in [-0.39, 0.29) is 11.9 Å². The summed E-state index contributed by atoms with van der Waals surface area (Å²) in [5.41, 5.74) is 1.88. The lowest BCUT2D eigenvalue weighted by molar-refractivity contribution is 0.0912. The number of carbonyl (C=O) groups excluding carboxylic acids is 1. The first-order chi connectivity index (χ1) is 12.6. The highest BCUT2D eigenvalue weighted by atomic mass is 32.2. The van der Waals surface area contributed by atoms with Gasteiger partial charge in [0.05, 0.1) is 16.3 Å². The van der Waals surface area contributed by atoms with Crippen molar-refractivity contribution in [3.05, 3.63) is 45.9 Å². The van der Waals surface area contributed by atoms with Crippen molar-refractivity contribution >= 4 is 29.0 Å². The molecule has 2 fully saturated rings. The molecule has 1 aromatic heterocycles. The number of hydrogen-bond donors (Lipinski definition) is 1. The van der Waals surface area contributed by atoms with Gasteiger partial charge in [-0.3, -0.25) is 4.79 Å². The molecule has 1 amide bonds. The standard InChI is InChI=1S/C21H26N2OS2/c1-13(19-10-15-7-8-16(19)9-15)22-21(24)18-5-3-4-6-20(18)26-12-17-11-25-14(2)23-17/h3-6,11,13,15-16,19H,7-10,12H2,1-2H3,(H,22,24). The SMILES string of the molecule is Cc1nc(CSc2ccccc2C(=O)NC(C)C2CC3CCC2C3)cs1. The van der Waals surface area contributed by atoms with Gasteiger partial charge in [-0.05, 0) is 63.0 Å². The van der Waals surface area contributed by atoms with E-state index >= 15 is 0 Å². The Morgan fingerprint density at radius 1 is 1.35 bits per heavy atom. The fraction of sp³-hybridized carbons (Fsp3) is 0.524. The molecule has 1 aromatic carbocycles. The molecule has 2 aliphatic carbocycles. The third kappa shape index (κ3) is 3.84. The van der Waals surface area contributed by atoms with E-state index in [1.165, 1.54) is 25.7 Å². The molecule has 4 rings (SSSR count). The summed E-state index contributed by atoms with van der Waals surface area (Å²) in [5.74, 6) is 3.27. The number of benzene rings is 1. The fourth-order valence-corrected chi connectivity index (χ4v) is 6.36. The van der Waals surface area contributed by atoms with E-state index in [2.05, 4.69) is 22.6 Å². The number of nitrogens with zero attached hydrogens (tertiary/aromatic N) is 1. The van der Waals surface area contributed by atoms with Crippen molar-refractivity contribution in [1.82, 2.24) is 10.3 Å². The molecular formula is C21H26N2OS2. The maximum absolute atomic E-state index is 12.9. The van der Waals surface area contributed by atoms with Crippen molar-refractivity contribution in [2.24, 2.45) is 17.8 Å². The molecular weight excluding hydrogens is 360 g/mol. The van der Waals surface area contributed by atoms with E-state index in [9.17, 15) is 4.79 Å². The summed E-state index contributed by atoms with van der Waals surface area (Å²) in [6.07, 6.45) is 5.43. The van der Waals surface area contributed by atoms with E-state index in [0.717, 1.165) is 38.7 Å². The average Bonchev–Trinajstić information content (AvgIpc) is 3.37. The molecule has 26 heavy (non-hydrogen) atoms. The molecule has 2 aliphatic rings. The van der Waals surface area contributed by atoms with E-state index in [1.54, 1.807) is 23.1 Å². The number of fused-ring (bicyclic) bond motifs is 2. The van der Waals surface area contributed by atoms with Crippen LogP contribution >= 0.6 is 23.1 Å². The summed E-state index contributed by atoms with van der Waals surface area (Å²) in [7, 11) is 0. The predicted molar refractivity (Wildman–Crippen MR) is 109 cm³/mol. The van der Waals surface area contributed by atoms with Crippen molar-refractivity contribution in [1.29, 1.82) is 0 Å². The van der Waals surface area contributed by atoms with Crippen molar-refractivity contribution in [2.45, 2.75) is 56.2 Å². The van der Waals surface area contributed by atoms with E-state index in [4.69, 9.17) is 0 Å². The molecule has 1 heterocycles. The maximum Gasteiger partial charge on any atom is 0.252 e. The fourth-order valence-electron chi connectivity index (χ4n) is 4.70. The van der Waals surface area contributed by atoms with Gasteiger partial charge >= 0.3 is 0 Å². The van der Waals surface area contributed by atoms with Crippen LogP contribution in [0, 0.1) is 24.7 Å². The van der Waals surface area contributed by atoms with Crippen LogP contribution in [0.4, 0.5) is 0 Å². The molecule has 4 unspecified atom stereocenters. The summed E-state index contributed by atoms with van der Waals surface area (Å²) < 4.78 is 0. The largest absolute Gasteiger partial charge is 0.349 e. The number of nitrogens with one attached hydrogen (secondary N) is 1. The topological polar surface area (TPSA) is 42.0 Å². The van der Waals surface area contributed by atoms with Crippen molar-refractivity contribution in [3.63, 3.8) is 0 Å². The highest BCUT2D eigenvalue weighted by Gasteiger charge is 2.42. The second-order valence-electron chi connectivity index (χ2n) is 7.74. The van der Waals surface area contributed by atoms with Crippen molar-refractivity contribution < 1.29 is 4.79 Å². The normalized spacial score (nSPS) is 25.4. The van der Waals surface area contributed by atoms with Gasteiger partial charge in [-0.25, -0.2) is 4.98 Å². The molecule has 2 aromatic rings. The Hall–Kier alpha value is -1.33. The molecule has 1 N–H and O–H groups in total. The van der Waals surface area contributed by atoms with Crippen LogP contribution in [0.15, 0.2) is 34.5 Å². The van der Waals surface area contributed by atoms with Gasteiger partial charge in [0, 0.05) is 22.1 Å². The summed E-state index contributed by atoms with van der Waals surface area (Å²) in [6.45, 7) is 4.22. The molecule has 0 aliphatic heterocycles. The Morgan fingerprint density at radius 3 is 2.88 bits per heavy atom. The number of thioether (sulfide) groups is 1. The number of carbonyl (C=O) groups is 1. The molecule has 4 atom stereocenters. The van der Waals surface area contributed by atoms with Gasteiger partial charge in [0.15, 0.2) is 0 Å². The van der Waals surface area contributed by atoms with Crippen molar-refractivity contribution in [3.8, 4) is 0 Å². The molecule has 5 heteroatoms. The molecule has 0 spiro atoms. The van der Waals surface area contributed by atoms with Gasteiger partial charge in [-0.1, -0.05) is 18.6 Å². The molecule has 2 saturated carbocycles. The summed E-state index contributed by atoms with van der Waals surface area (Å²) in [5, 5.41) is 6.49. The van der Waals surface area contributed by atoms with Crippen LogP contribution in [-0.4, -0.2) is 16.9 Å². The Balaban J connectivity index is 1.41. The quantitative estimate of drug-likeness (QED) is 0.685. The zero-order valence-electron chi connectivity index (χ0n) is 15.4. The number of thiazole rings is 1.